The van der Waals surface area contributed by atoms with Gasteiger partial charge in [-0.3, -0.25) is 14.5 Å². The van der Waals surface area contributed by atoms with Crippen LogP contribution in [0.2, 0.25) is 0 Å². The van der Waals surface area contributed by atoms with E-state index in [1.165, 1.54) is 29.3 Å². The number of aromatic hydroxyl groups is 1. The first-order chi connectivity index (χ1) is 8.63. The van der Waals surface area contributed by atoms with E-state index in [2.05, 4.69) is 15.4 Å². The van der Waals surface area contributed by atoms with Gasteiger partial charge in [0.1, 0.15) is 23.2 Å². The molecule has 1 amide bonds. The van der Waals surface area contributed by atoms with Crippen molar-refractivity contribution >= 4 is 11.7 Å². The summed E-state index contributed by atoms with van der Waals surface area (Å²) >= 11 is 0. The molecule has 0 spiro atoms. The number of nitrogens with zero attached hydrogens (tertiary/aromatic N) is 4. The Morgan fingerprint density at radius 2 is 2.33 bits per heavy atom. The molecule has 0 fully saturated rings. The molecule has 0 aliphatic carbocycles. The van der Waals surface area contributed by atoms with Gasteiger partial charge in [0.15, 0.2) is 0 Å². The predicted octanol–water partition coefficient (Wildman–Crippen LogP) is 0.645. The molecule has 0 unspecified atom stereocenters. The van der Waals surface area contributed by atoms with Crippen molar-refractivity contribution in [2.75, 3.05) is 5.32 Å². The van der Waals surface area contributed by atoms with Crippen molar-refractivity contribution in [3.63, 3.8) is 0 Å². The van der Waals surface area contributed by atoms with Crippen molar-refractivity contribution in [2.24, 2.45) is 7.05 Å². The Kier molecular flexibility index (Phi) is 2.93. The van der Waals surface area contributed by atoms with Crippen molar-refractivity contribution in [2.45, 2.75) is 0 Å². The number of nitrogens with one attached hydrogen (secondary N) is 1. The molecule has 2 heterocycles. The topological polar surface area (TPSA) is 104 Å². The lowest BCUT2D eigenvalue weighted by atomic mass is 10.2. The Labute approximate surface area is 102 Å². The molecule has 2 N–H and O–H groups in total. The van der Waals surface area contributed by atoms with Crippen molar-refractivity contribution in [1.82, 2.24) is 14.8 Å². The maximum absolute atomic E-state index is 11.9. The summed E-state index contributed by atoms with van der Waals surface area (Å²) in [6.07, 6.45) is 3.91. The van der Waals surface area contributed by atoms with E-state index in [1.54, 1.807) is 7.05 Å². The van der Waals surface area contributed by atoms with Crippen LogP contribution in [-0.2, 0) is 7.05 Å². The molecule has 2 aromatic rings. The fourth-order valence-electron chi connectivity index (χ4n) is 1.42. The van der Waals surface area contributed by atoms with E-state index < -0.39 is 5.91 Å². The van der Waals surface area contributed by atoms with Crippen molar-refractivity contribution < 1.29 is 9.90 Å². The average Bonchev–Trinajstić information content (AvgIpc) is 2.71. The van der Waals surface area contributed by atoms with Gasteiger partial charge in [-0.2, -0.15) is 10.4 Å². The number of pyridine rings is 1. The number of hydrogen-bond acceptors (Lipinski definition) is 5. The van der Waals surface area contributed by atoms with E-state index in [0.29, 0.717) is 0 Å². The Bertz CT molecular complexity index is 641. The molecule has 7 heteroatoms. The second-order valence-electron chi connectivity index (χ2n) is 3.49. The molecule has 0 saturated carbocycles. The molecule has 0 aromatic carbocycles. The summed E-state index contributed by atoms with van der Waals surface area (Å²) in [5, 5.41) is 24.7. The summed E-state index contributed by atoms with van der Waals surface area (Å²) in [5.41, 5.74) is 0.328. The van der Waals surface area contributed by atoms with Gasteiger partial charge in [-0.05, 0) is 6.07 Å². The monoisotopic (exact) mass is 243 g/mol. The number of aryl methyl sites for hydroxylation is 1. The third-order valence-electron chi connectivity index (χ3n) is 2.34. The first-order valence-corrected chi connectivity index (χ1v) is 5.00. The molecule has 2 aromatic heterocycles. The highest BCUT2D eigenvalue weighted by Crippen LogP contribution is 2.18. The standard InChI is InChI=1S/C11H9N5O2/c1-16-10(7(4-12)5-14-16)15-11(18)8-2-3-13-6-9(8)17/h2-3,5-6,17H,1H3,(H,15,18). The number of amides is 1. The van der Waals surface area contributed by atoms with Crippen LogP contribution in [0.25, 0.3) is 0 Å². The van der Waals surface area contributed by atoms with Crippen molar-refractivity contribution in [3.05, 3.63) is 35.8 Å². The van der Waals surface area contributed by atoms with Gasteiger partial charge in [-0.1, -0.05) is 0 Å². The normalized spacial score (nSPS) is 9.78. The smallest absolute Gasteiger partial charge is 0.260 e. The van der Waals surface area contributed by atoms with Gasteiger partial charge in [-0.15, -0.1) is 0 Å². The second-order valence-corrected chi connectivity index (χ2v) is 3.49. The zero-order valence-electron chi connectivity index (χ0n) is 9.45. The molecule has 0 radical (unpaired) electrons. The highest BCUT2D eigenvalue weighted by Gasteiger charge is 2.15. The van der Waals surface area contributed by atoms with Gasteiger partial charge >= 0.3 is 0 Å². The Morgan fingerprint density at radius 3 is 3.00 bits per heavy atom. The highest BCUT2D eigenvalue weighted by atomic mass is 16.3. The SMILES string of the molecule is Cn1ncc(C#N)c1NC(=O)c1ccncc1O. The van der Waals surface area contributed by atoms with Gasteiger partial charge in [0.25, 0.3) is 5.91 Å². The lowest BCUT2D eigenvalue weighted by Gasteiger charge is -2.06. The third kappa shape index (κ3) is 1.99. The fraction of sp³-hybridized carbons (Fsp3) is 0.0909. The van der Waals surface area contributed by atoms with Crippen LogP contribution >= 0.6 is 0 Å². The van der Waals surface area contributed by atoms with Gasteiger partial charge in [0, 0.05) is 13.2 Å². The van der Waals surface area contributed by atoms with Crippen LogP contribution in [0.4, 0.5) is 5.82 Å². The first-order valence-electron chi connectivity index (χ1n) is 5.00. The lowest BCUT2D eigenvalue weighted by Crippen LogP contribution is -2.15. The largest absolute Gasteiger partial charge is 0.505 e. The van der Waals surface area contributed by atoms with E-state index >= 15 is 0 Å². The van der Waals surface area contributed by atoms with Gasteiger partial charge in [0.05, 0.1) is 18.0 Å². The summed E-state index contributed by atoms with van der Waals surface area (Å²) in [6.45, 7) is 0. The quantitative estimate of drug-likeness (QED) is 0.805. The zero-order chi connectivity index (χ0) is 13.1. The maximum Gasteiger partial charge on any atom is 0.260 e. The molecular weight excluding hydrogens is 234 g/mol. The predicted molar refractivity (Wildman–Crippen MR) is 61.8 cm³/mol. The van der Waals surface area contributed by atoms with Gasteiger partial charge < -0.3 is 10.4 Å². The Hall–Kier alpha value is -2.88. The van der Waals surface area contributed by atoms with Crippen LogP contribution in [-0.4, -0.2) is 25.8 Å². The number of nitriles is 1. The summed E-state index contributed by atoms with van der Waals surface area (Å²) in [4.78, 5) is 15.6. The lowest BCUT2D eigenvalue weighted by molar-refractivity contribution is 0.102. The summed E-state index contributed by atoms with van der Waals surface area (Å²) in [6, 6.07) is 3.30. The van der Waals surface area contributed by atoms with E-state index in [-0.39, 0.29) is 22.7 Å². The number of carbonyl (C=O) groups is 1. The number of carbonyl (C=O) groups excluding carboxylic acids is 1. The Morgan fingerprint density at radius 1 is 1.56 bits per heavy atom. The molecule has 0 bridgehead atoms. The molecule has 0 aliphatic rings. The van der Waals surface area contributed by atoms with Crippen LogP contribution in [0, 0.1) is 11.3 Å². The van der Waals surface area contributed by atoms with Crippen LogP contribution in [0.1, 0.15) is 15.9 Å². The molecule has 7 nitrogen and oxygen atoms in total. The third-order valence-corrected chi connectivity index (χ3v) is 2.34. The van der Waals surface area contributed by atoms with Crippen molar-refractivity contribution in [1.29, 1.82) is 5.26 Å². The molecule has 0 atom stereocenters. The summed E-state index contributed by atoms with van der Waals surface area (Å²) in [5.74, 6) is -0.482. The molecule has 0 saturated heterocycles. The van der Waals surface area contributed by atoms with E-state index in [1.807, 2.05) is 6.07 Å². The Balaban J connectivity index is 2.31. The molecular formula is C11H9N5O2. The summed E-state index contributed by atoms with van der Waals surface area (Å²) in [7, 11) is 1.60. The van der Waals surface area contributed by atoms with Crippen LogP contribution < -0.4 is 5.32 Å². The zero-order valence-corrected chi connectivity index (χ0v) is 9.45. The van der Waals surface area contributed by atoms with E-state index in [0.717, 1.165) is 0 Å². The maximum atomic E-state index is 11.9. The number of anilines is 1. The second kappa shape index (κ2) is 4.55. The van der Waals surface area contributed by atoms with E-state index in [4.69, 9.17) is 5.26 Å². The molecule has 90 valence electrons. The molecule has 0 aliphatic heterocycles. The van der Waals surface area contributed by atoms with Crippen LogP contribution in [0.5, 0.6) is 5.75 Å². The highest BCUT2D eigenvalue weighted by molar-refractivity contribution is 6.06. The van der Waals surface area contributed by atoms with E-state index in [9.17, 15) is 9.90 Å². The van der Waals surface area contributed by atoms with Crippen LogP contribution in [0.15, 0.2) is 24.7 Å². The molecule has 2 rings (SSSR count). The fourth-order valence-corrected chi connectivity index (χ4v) is 1.42. The first kappa shape index (κ1) is 11.6. The number of hydrogen-bond donors (Lipinski definition) is 2. The minimum absolute atomic E-state index is 0.0788. The average molecular weight is 243 g/mol. The molecule has 18 heavy (non-hydrogen) atoms. The minimum Gasteiger partial charge on any atom is -0.505 e. The van der Waals surface area contributed by atoms with Crippen molar-refractivity contribution in [3.8, 4) is 11.8 Å². The van der Waals surface area contributed by atoms with Crippen LogP contribution in [0.3, 0.4) is 0 Å². The summed E-state index contributed by atoms with van der Waals surface area (Å²) < 4.78 is 1.37. The number of rotatable bonds is 2. The van der Waals surface area contributed by atoms with Gasteiger partial charge in [-0.25, -0.2) is 0 Å². The minimum atomic E-state index is -0.532. The number of aromatic nitrogens is 3. The van der Waals surface area contributed by atoms with Gasteiger partial charge in [0.2, 0.25) is 0 Å².